The fourth-order valence-corrected chi connectivity index (χ4v) is 3.91. The second-order valence-corrected chi connectivity index (χ2v) is 7.90. The SMILES string of the molecule is Cc1ccc(CNC(=O)C(=O)NC[C@H](c2ccco2)N2CCc3ccccc3C2)cc1. The van der Waals surface area contributed by atoms with Crippen LogP contribution in [0, 0.1) is 6.92 Å². The van der Waals surface area contributed by atoms with Gasteiger partial charge in [0.2, 0.25) is 0 Å². The van der Waals surface area contributed by atoms with E-state index in [9.17, 15) is 9.59 Å². The van der Waals surface area contributed by atoms with Gasteiger partial charge in [-0.2, -0.15) is 0 Å². The number of furan rings is 1. The fraction of sp³-hybridized carbons (Fsp3) is 0.280. The van der Waals surface area contributed by atoms with Crippen molar-refractivity contribution in [3.8, 4) is 0 Å². The second-order valence-electron chi connectivity index (χ2n) is 7.90. The predicted octanol–water partition coefficient (Wildman–Crippen LogP) is 3.12. The molecule has 0 spiro atoms. The molecule has 4 rings (SSSR count). The van der Waals surface area contributed by atoms with E-state index in [0.717, 1.165) is 36.4 Å². The number of nitrogens with one attached hydrogen (secondary N) is 2. The number of fused-ring (bicyclic) bond motifs is 1. The summed E-state index contributed by atoms with van der Waals surface area (Å²) >= 11 is 0. The van der Waals surface area contributed by atoms with E-state index in [1.165, 1.54) is 11.1 Å². The lowest BCUT2D eigenvalue weighted by atomic mass is 9.98. The number of carbonyl (C=O) groups excluding carboxylic acids is 2. The van der Waals surface area contributed by atoms with Gasteiger partial charge < -0.3 is 15.1 Å². The van der Waals surface area contributed by atoms with Crippen molar-refractivity contribution >= 4 is 11.8 Å². The first-order chi connectivity index (χ1) is 15.1. The quantitative estimate of drug-likeness (QED) is 0.605. The van der Waals surface area contributed by atoms with Gasteiger partial charge in [0.25, 0.3) is 0 Å². The van der Waals surface area contributed by atoms with Crippen molar-refractivity contribution in [1.82, 2.24) is 15.5 Å². The Labute approximate surface area is 182 Å². The Morgan fingerprint density at radius 3 is 2.45 bits per heavy atom. The summed E-state index contributed by atoms with van der Waals surface area (Å²) in [5.74, 6) is -0.497. The highest BCUT2D eigenvalue weighted by molar-refractivity contribution is 6.35. The summed E-state index contributed by atoms with van der Waals surface area (Å²) in [5, 5.41) is 5.47. The molecule has 2 N–H and O–H groups in total. The smallest absolute Gasteiger partial charge is 0.309 e. The molecule has 0 radical (unpaired) electrons. The maximum atomic E-state index is 12.4. The number of rotatable bonds is 6. The molecule has 1 atom stereocenters. The number of aryl methyl sites for hydroxylation is 1. The molecule has 0 unspecified atom stereocenters. The van der Waals surface area contributed by atoms with Crippen LogP contribution in [0.3, 0.4) is 0 Å². The van der Waals surface area contributed by atoms with Gasteiger partial charge >= 0.3 is 11.8 Å². The third kappa shape index (κ3) is 5.22. The van der Waals surface area contributed by atoms with E-state index in [4.69, 9.17) is 4.42 Å². The molecule has 6 nitrogen and oxygen atoms in total. The minimum atomic E-state index is -0.638. The Kier molecular flexibility index (Phi) is 6.48. The standard InChI is InChI=1S/C25H27N3O3/c1-18-8-10-19(11-9-18)15-26-24(29)25(30)27-16-22(23-7-4-14-31-23)28-13-12-20-5-2-3-6-21(20)17-28/h2-11,14,22H,12-13,15-17H2,1H3,(H,26,29)(H,27,30)/t22-/m1/s1. The summed E-state index contributed by atoms with van der Waals surface area (Å²) in [5.41, 5.74) is 4.74. The Morgan fingerprint density at radius 2 is 1.71 bits per heavy atom. The van der Waals surface area contributed by atoms with Crippen LogP contribution < -0.4 is 10.6 Å². The molecule has 0 saturated heterocycles. The number of benzene rings is 2. The van der Waals surface area contributed by atoms with E-state index in [2.05, 4.69) is 33.7 Å². The number of nitrogens with zero attached hydrogens (tertiary/aromatic N) is 1. The molecule has 3 aromatic rings. The van der Waals surface area contributed by atoms with Crippen LogP contribution >= 0.6 is 0 Å². The maximum Gasteiger partial charge on any atom is 0.309 e. The minimum absolute atomic E-state index is 0.141. The van der Waals surface area contributed by atoms with Crippen LogP contribution in [0.5, 0.6) is 0 Å². The monoisotopic (exact) mass is 417 g/mol. The van der Waals surface area contributed by atoms with Gasteiger partial charge in [-0.1, -0.05) is 54.1 Å². The van der Waals surface area contributed by atoms with Crippen LogP contribution in [0.4, 0.5) is 0 Å². The number of hydrogen-bond acceptors (Lipinski definition) is 4. The third-order valence-corrected chi connectivity index (χ3v) is 5.71. The minimum Gasteiger partial charge on any atom is -0.468 e. The van der Waals surface area contributed by atoms with Gasteiger partial charge in [-0.05, 0) is 42.2 Å². The molecule has 1 aliphatic rings. The summed E-state index contributed by atoms with van der Waals surface area (Å²) < 4.78 is 5.65. The van der Waals surface area contributed by atoms with Crippen LogP contribution in [0.1, 0.15) is 34.1 Å². The van der Waals surface area contributed by atoms with E-state index < -0.39 is 11.8 Å². The first kappa shape index (κ1) is 20.9. The molecule has 0 aliphatic carbocycles. The first-order valence-corrected chi connectivity index (χ1v) is 10.6. The Hall–Kier alpha value is -3.38. The predicted molar refractivity (Wildman–Crippen MR) is 118 cm³/mol. The Morgan fingerprint density at radius 1 is 0.968 bits per heavy atom. The molecular weight excluding hydrogens is 390 g/mol. The van der Waals surface area contributed by atoms with Gasteiger partial charge in [0.05, 0.1) is 12.3 Å². The molecule has 2 amide bonds. The Bertz CT molecular complexity index is 1030. The summed E-state index contributed by atoms with van der Waals surface area (Å²) in [7, 11) is 0. The van der Waals surface area contributed by atoms with Crippen molar-refractivity contribution in [3.05, 3.63) is 94.9 Å². The van der Waals surface area contributed by atoms with Crippen LogP contribution in [0.15, 0.2) is 71.3 Å². The first-order valence-electron chi connectivity index (χ1n) is 10.6. The zero-order valence-electron chi connectivity index (χ0n) is 17.6. The highest BCUT2D eigenvalue weighted by Crippen LogP contribution is 2.27. The van der Waals surface area contributed by atoms with Crippen molar-refractivity contribution < 1.29 is 14.0 Å². The van der Waals surface area contributed by atoms with Gasteiger partial charge in [-0.25, -0.2) is 0 Å². The number of amides is 2. The highest BCUT2D eigenvalue weighted by atomic mass is 16.3. The van der Waals surface area contributed by atoms with E-state index in [-0.39, 0.29) is 6.04 Å². The summed E-state index contributed by atoms with van der Waals surface area (Å²) in [6, 6.07) is 19.9. The van der Waals surface area contributed by atoms with E-state index in [0.29, 0.717) is 13.1 Å². The molecule has 6 heteroatoms. The molecule has 31 heavy (non-hydrogen) atoms. The molecule has 0 bridgehead atoms. The number of hydrogen-bond donors (Lipinski definition) is 2. The molecular formula is C25H27N3O3. The molecule has 2 aromatic carbocycles. The lowest BCUT2D eigenvalue weighted by Gasteiger charge is -2.34. The zero-order valence-corrected chi connectivity index (χ0v) is 17.6. The van der Waals surface area contributed by atoms with Gasteiger partial charge in [-0.15, -0.1) is 0 Å². The summed E-state index contributed by atoms with van der Waals surface area (Å²) in [4.78, 5) is 26.9. The van der Waals surface area contributed by atoms with Gasteiger partial charge in [0, 0.05) is 26.2 Å². The van der Waals surface area contributed by atoms with Crippen molar-refractivity contribution in [2.45, 2.75) is 32.5 Å². The molecule has 0 fully saturated rings. The number of carbonyl (C=O) groups is 2. The van der Waals surface area contributed by atoms with Crippen molar-refractivity contribution in [2.24, 2.45) is 0 Å². The summed E-state index contributed by atoms with van der Waals surface area (Å²) in [6.45, 7) is 4.25. The molecule has 1 aromatic heterocycles. The van der Waals surface area contributed by atoms with Gasteiger partial charge in [-0.3, -0.25) is 14.5 Å². The molecule has 2 heterocycles. The van der Waals surface area contributed by atoms with E-state index >= 15 is 0 Å². The largest absolute Gasteiger partial charge is 0.468 e. The lowest BCUT2D eigenvalue weighted by molar-refractivity contribution is -0.139. The third-order valence-electron chi connectivity index (χ3n) is 5.71. The summed E-state index contributed by atoms with van der Waals surface area (Å²) in [6.07, 6.45) is 2.58. The van der Waals surface area contributed by atoms with Crippen LogP contribution in [0.25, 0.3) is 0 Å². The van der Waals surface area contributed by atoms with Gasteiger partial charge in [0.15, 0.2) is 0 Å². The second kappa shape index (κ2) is 9.62. The molecule has 160 valence electrons. The van der Waals surface area contributed by atoms with Crippen LogP contribution in [0.2, 0.25) is 0 Å². The average Bonchev–Trinajstić information content (AvgIpc) is 3.33. The Balaban J connectivity index is 1.36. The van der Waals surface area contributed by atoms with Crippen molar-refractivity contribution in [2.75, 3.05) is 13.1 Å². The maximum absolute atomic E-state index is 12.4. The van der Waals surface area contributed by atoms with Crippen molar-refractivity contribution in [1.29, 1.82) is 0 Å². The normalized spacial score (nSPS) is 14.5. The highest BCUT2D eigenvalue weighted by Gasteiger charge is 2.27. The molecule has 1 aliphatic heterocycles. The van der Waals surface area contributed by atoms with Gasteiger partial charge in [0.1, 0.15) is 5.76 Å². The fourth-order valence-electron chi connectivity index (χ4n) is 3.91. The lowest BCUT2D eigenvalue weighted by Crippen LogP contribution is -2.45. The van der Waals surface area contributed by atoms with E-state index in [1.807, 2.05) is 49.4 Å². The van der Waals surface area contributed by atoms with Crippen molar-refractivity contribution in [3.63, 3.8) is 0 Å². The average molecular weight is 418 g/mol. The zero-order chi connectivity index (χ0) is 21.6. The topological polar surface area (TPSA) is 74.6 Å². The van der Waals surface area contributed by atoms with Crippen LogP contribution in [-0.2, 0) is 29.1 Å². The van der Waals surface area contributed by atoms with Crippen LogP contribution in [-0.4, -0.2) is 29.8 Å². The van der Waals surface area contributed by atoms with E-state index in [1.54, 1.807) is 6.26 Å². The molecule has 0 saturated carbocycles.